The predicted molar refractivity (Wildman–Crippen MR) is 95.1 cm³/mol. The van der Waals surface area contributed by atoms with Crippen LogP contribution < -0.4 is 5.32 Å². The summed E-state index contributed by atoms with van der Waals surface area (Å²) in [5.74, 6) is 1.24. The van der Waals surface area contributed by atoms with Gasteiger partial charge in [-0.1, -0.05) is 17.3 Å². The molecular formula is C19H21N3O3. The first-order chi connectivity index (χ1) is 12.0. The van der Waals surface area contributed by atoms with Gasteiger partial charge in [-0.3, -0.25) is 9.36 Å². The molecule has 0 aliphatic heterocycles. The van der Waals surface area contributed by atoms with Crippen LogP contribution in [0.1, 0.15) is 33.1 Å². The summed E-state index contributed by atoms with van der Waals surface area (Å²) < 4.78 is 12.2. The Morgan fingerprint density at radius 1 is 1.24 bits per heavy atom. The number of hydrogen-bond donors (Lipinski definition) is 1. The van der Waals surface area contributed by atoms with E-state index in [4.69, 9.17) is 9.26 Å². The number of nitrogens with one attached hydrogen (secondary N) is 1. The van der Waals surface area contributed by atoms with Crippen LogP contribution in [0.2, 0.25) is 0 Å². The number of aryl methyl sites for hydroxylation is 2. The van der Waals surface area contributed by atoms with Crippen LogP contribution in [0.3, 0.4) is 0 Å². The number of ether oxygens (including phenoxy) is 1. The number of rotatable bonds is 5. The highest BCUT2D eigenvalue weighted by Gasteiger charge is 2.18. The molecule has 0 radical (unpaired) electrons. The van der Waals surface area contributed by atoms with E-state index >= 15 is 0 Å². The van der Waals surface area contributed by atoms with Crippen LogP contribution >= 0.6 is 0 Å². The second-order valence-corrected chi connectivity index (χ2v) is 6.00. The van der Waals surface area contributed by atoms with E-state index in [9.17, 15) is 4.79 Å². The van der Waals surface area contributed by atoms with Gasteiger partial charge in [0.1, 0.15) is 5.76 Å². The Labute approximate surface area is 146 Å². The Bertz CT molecular complexity index is 909. The monoisotopic (exact) mass is 339 g/mol. The van der Waals surface area contributed by atoms with Crippen LogP contribution in [0.4, 0.5) is 5.69 Å². The third-order valence-corrected chi connectivity index (χ3v) is 4.02. The maximum absolute atomic E-state index is 12.7. The molecule has 1 aromatic carbocycles. The second kappa shape index (κ2) is 6.94. The molecule has 6 heteroatoms. The smallest absolute Gasteiger partial charge is 0.257 e. The summed E-state index contributed by atoms with van der Waals surface area (Å²) in [7, 11) is 1.64. The van der Waals surface area contributed by atoms with Crippen LogP contribution in [0, 0.1) is 20.8 Å². The van der Waals surface area contributed by atoms with Crippen molar-refractivity contribution in [3.05, 3.63) is 64.7 Å². The minimum atomic E-state index is -0.158. The van der Waals surface area contributed by atoms with Gasteiger partial charge < -0.3 is 14.6 Å². The molecule has 1 amide bonds. The van der Waals surface area contributed by atoms with Gasteiger partial charge in [0.15, 0.2) is 5.82 Å². The number of hydrogen-bond acceptors (Lipinski definition) is 4. The molecule has 130 valence electrons. The summed E-state index contributed by atoms with van der Waals surface area (Å²) in [4.78, 5) is 12.7. The normalized spacial score (nSPS) is 10.9. The maximum Gasteiger partial charge on any atom is 0.257 e. The summed E-state index contributed by atoms with van der Waals surface area (Å²) >= 11 is 0. The lowest BCUT2D eigenvalue weighted by atomic mass is 10.2. The van der Waals surface area contributed by atoms with Crippen molar-refractivity contribution in [3.8, 4) is 5.82 Å². The van der Waals surface area contributed by atoms with Crippen molar-refractivity contribution in [1.29, 1.82) is 0 Å². The summed E-state index contributed by atoms with van der Waals surface area (Å²) in [6.07, 6.45) is 0. The Hall–Kier alpha value is -2.86. The minimum absolute atomic E-state index is 0.158. The Kier molecular flexibility index (Phi) is 4.72. The Balaban J connectivity index is 1.87. The molecule has 3 rings (SSSR count). The molecule has 25 heavy (non-hydrogen) atoms. The Morgan fingerprint density at radius 2 is 2.04 bits per heavy atom. The van der Waals surface area contributed by atoms with E-state index in [1.165, 1.54) is 0 Å². The number of benzene rings is 1. The van der Waals surface area contributed by atoms with Gasteiger partial charge in [0.2, 0.25) is 0 Å². The highest BCUT2D eigenvalue weighted by Crippen LogP contribution is 2.22. The van der Waals surface area contributed by atoms with E-state index in [-0.39, 0.29) is 5.91 Å². The highest BCUT2D eigenvalue weighted by molar-refractivity contribution is 6.05. The first-order valence-electron chi connectivity index (χ1n) is 8.01. The van der Waals surface area contributed by atoms with Gasteiger partial charge in [0.05, 0.1) is 12.2 Å². The maximum atomic E-state index is 12.7. The van der Waals surface area contributed by atoms with Gasteiger partial charge in [0.25, 0.3) is 5.91 Å². The lowest BCUT2D eigenvalue weighted by molar-refractivity contribution is 0.102. The summed E-state index contributed by atoms with van der Waals surface area (Å²) in [5, 5.41) is 6.98. The van der Waals surface area contributed by atoms with Crippen LogP contribution in [0.25, 0.3) is 5.82 Å². The lowest BCUT2D eigenvalue weighted by Gasteiger charge is -2.08. The molecule has 0 aliphatic carbocycles. The molecule has 0 spiro atoms. The van der Waals surface area contributed by atoms with Gasteiger partial charge in [0, 0.05) is 30.3 Å². The summed E-state index contributed by atoms with van der Waals surface area (Å²) in [6, 6.07) is 11.3. The van der Waals surface area contributed by atoms with Gasteiger partial charge in [-0.05, 0) is 44.5 Å². The number of amides is 1. The lowest BCUT2D eigenvalue weighted by Crippen LogP contribution is -2.13. The molecule has 0 unspecified atom stereocenters. The molecule has 2 aromatic heterocycles. The quantitative estimate of drug-likeness (QED) is 0.768. The zero-order chi connectivity index (χ0) is 18.0. The molecule has 0 atom stereocenters. The summed E-state index contributed by atoms with van der Waals surface area (Å²) in [5.41, 5.74) is 4.08. The molecular weight excluding hydrogens is 318 g/mol. The fourth-order valence-corrected chi connectivity index (χ4v) is 2.91. The SMILES string of the molecule is COCc1cccc(NC(=O)c2cc(C)n(-c3cc(C)on3)c2C)c1. The van der Waals surface area contributed by atoms with Crippen molar-refractivity contribution >= 4 is 11.6 Å². The molecule has 2 heterocycles. The standard InChI is InChI=1S/C19H21N3O3/c1-12-8-17(14(3)22(12)18-9-13(2)25-21-18)19(23)20-16-7-5-6-15(10-16)11-24-4/h5-10H,11H2,1-4H3,(H,20,23). The van der Waals surface area contributed by atoms with E-state index < -0.39 is 0 Å². The van der Waals surface area contributed by atoms with Crippen molar-refractivity contribution in [2.24, 2.45) is 0 Å². The largest absolute Gasteiger partial charge is 0.380 e. The minimum Gasteiger partial charge on any atom is -0.380 e. The topological polar surface area (TPSA) is 69.3 Å². The first-order valence-corrected chi connectivity index (χ1v) is 8.01. The van der Waals surface area contributed by atoms with E-state index in [1.54, 1.807) is 7.11 Å². The zero-order valence-electron chi connectivity index (χ0n) is 14.8. The van der Waals surface area contributed by atoms with Crippen molar-refractivity contribution < 1.29 is 14.1 Å². The van der Waals surface area contributed by atoms with Crippen molar-refractivity contribution in [2.45, 2.75) is 27.4 Å². The number of methoxy groups -OCH3 is 1. The van der Waals surface area contributed by atoms with Crippen LogP contribution in [-0.4, -0.2) is 22.7 Å². The third kappa shape index (κ3) is 3.49. The molecule has 6 nitrogen and oxygen atoms in total. The molecule has 0 bridgehead atoms. The summed E-state index contributed by atoms with van der Waals surface area (Å²) in [6.45, 7) is 6.18. The molecule has 0 fully saturated rings. The Morgan fingerprint density at radius 3 is 2.72 bits per heavy atom. The van der Waals surface area contributed by atoms with Gasteiger partial charge in [-0.15, -0.1) is 0 Å². The molecule has 0 saturated heterocycles. The van der Waals surface area contributed by atoms with Gasteiger partial charge in [-0.25, -0.2) is 0 Å². The number of nitrogens with zero attached hydrogens (tertiary/aromatic N) is 2. The number of carbonyl (C=O) groups is 1. The van der Waals surface area contributed by atoms with E-state index in [1.807, 2.05) is 61.7 Å². The van der Waals surface area contributed by atoms with E-state index in [0.29, 0.717) is 18.0 Å². The second-order valence-electron chi connectivity index (χ2n) is 6.00. The van der Waals surface area contributed by atoms with E-state index in [0.717, 1.165) is 28.4 Å². The average Bonchev–Trinajstić information content (AvgIpc) is 3.11. The van der Waals surface area contributed by atoms with Crippen LogP contribution in [0.5, 0.6) is 0 Å². The van der Waals surface area contributed by atoms with Crippen molar-refractivity contribution in [3.63, 3.8) is 0 Å². The number of aromatic nitrogens is 2. The van der Waals surface area contributed by atoms with Crippen molar-refractivity contribution in [1.82, 2.24) is 9.72 Å². The highest BCUT2D eigenvalue weighted by atomic mass is 16.5. The van der Waals surface area contributed by atoms with Gasteiger partial charge in [-0.2, -0.15) is 0 Å². The zero-order valence-corrected chi connectivity index (χ0v) is 14.8. The van der Waals surface area contributed by atoms with E-state index in [2.05, 4.69) is 10.5 Å². The van der Waals surface area contributed by atoms with Crippen LogP contribution in [0.15, 0.2) is 40.9 Å². The fourth-order valence-electron chi connectivity index (χ4n) is 2.91. The number of anilines is 1. The predicted octanol–water partition coefficient (Wildman–Crippen LogP) is 3.79. The molecule has 1 N–H and O–H groups in total. The molecule has 3 aromatic rings. The average molecular weight is 339 g/mol. The molecule has 0 saturated carbocycles. The fraction of sp³-hybridized carbons (Fsp3) is 0.263. The third-order valence-electron chi connectivity index (χ3n) is 4.02. The van der Waals surface area contributed by atoms with Gasteiger partial charge >= 0.3 is 0 Å². The number of carbonyl (C=O) groups excluding carboxylic acids is 1. The molecule has 0 aliphatic rings. The van der Waals surface area contributed by atoms with Crippen molar-refractivity contribution in [2.75, 3.05) is 12.4 Å². The van der Waals surface area contributed by atoms with Crippen LogP contribution in [-0.2, 0) is 11.3 Å². The first kappa shape index (κ1) is 17.0.